The number of rotatable bonds is 4. The van der Waals surface area contributed by atoms with Gasteiger partial charge < -0.3 is 14.6 Å². The summed E-state index contributed by atoms with van der Waals surface area (Å²) >= 11 is 0. The molecule has 0 radical (unpaired) electrons. The van der Waals surface area contributed by atoms with E-state index in [9.17, 15) is 5.11 Å². The number of aliphatic hydroxyl groups is 1. The van der Waals surface area contributed by atoms with Crippen LogP contribution in [0.15, 0.2) is 36.8 Å². The van der Waals surface area contributed by atoms with Gasteiger partial charge in [0, 0.05) is 18.0 Å². The van der Waals surface area contributed by atoms with Crippen LogP contribution in [0.5, 0.6) is 11.5 Å². The number of ether oxygens (including phenoxy) is 2. The third-order valence-corrected chi connectivity index (χ3v) is 2.59. The number of aromatic nitrogens is 2. The lowest BCUT2D eigenvalue weighted by molar-refractivity contribution is 0.209. The van der Waals surface area contributed by atoms with Crippen LogP contribution >= 0.6 is 0 Å². The molecule has 0 saturated carbocycles. The van der Waals surface area contributed by atoms with Crippen LogP contribution in [0.1, 0.15) is 17.4 Å². The average molecular weight is 246 g/mol. The summed E-state index contributed by atoms with van der Waals surface area (Å²) in [6.07, 6.45) is 3.71. The van der Waals surface area contributed by atoms with E-state index in [1.165, 1.54) is 12.4 Å². The fourth-order valence-corrected chi connectivity index (χ4v) is 1.66. The monoisotopic (exact) mass is 246 g/mol. The molecule has 1 aromatic carbocycles. The Bertz CT molecular complexity index is 517. The predicted octanol–water partition coefficient (Wildman–Crippen LogP) is 1.58. The number of aliphatic hydroxyl groups excluding tert-OH is 1. The first-order chi connectivity index (χ1) is 8.76. The van der Waals surface area contributed by atoms with Crippen molar-refractivity contribution in [3.8, 4) is 11.5 Å². The van der Waals surface area contributed by atoms with Crippen LogP contribution < -0.4 is 9.47 Å². The van der Waals surface area contributed by atoms with E-state index in [0.29, 0.717) is 22.8 Å². The molecule has 0 aliphatic carbocycles. The van der Waals surface area contributed by atoms with Crippen molar-refractivity contribution in [2.45, 2.75) is 6.10 Å². The predicted molar refractivity (Wildman–Crippen MR) is 65.6 cm³/mol. The molecule has 0 bridgehead atoms. The molecule has 0 aliphatic heterocycles. The summed E-state index contributed by atoms with van der Waals surface area (Å²) in [6.45, 7) is 0. The molecule has 0 amide bonds. The summed E-state index contributed by atoms with van der Waals surface area (Å²) < 4.78 is 10.4. The van der Waals surface area contributed by atoms with Crippen LogP contribution in [-0.4, -0.2) is 29.3 Å². The molecule has 1 unspecified atom stereocenters. The summed E-state index contributed by atoms with van der Waals surface area (Å²) in [5, 5.41) is 10.3. The fourth-order valence-electron chi connectivity index (χ4n) is 1.66. The van der Waals surface area contributed by atoms with Crippen molar-refractivity contribution in [1.29, 1.82) is 0 Å². The third kappa shape index (κ3) is 2.41. The Hall–Kier alpha value is -2.14. The van der Waals surface area contributed by atoms with E-state index in [4.69, 9.17) is 9.47 Å². The molecular weight excluding hydrogens is 232 g/mol. The van der Waals surface area contributed by atoms with Crippen molar-refractivity contribution >= 4 is 0 Å². The second-order valence-electron chi connectivity index (χ2n) is 3.64. The molecule has 0 aliphatic rings. The molecule has 5 nitrogen and oxygen atoms in total. The van der Waals surface area contributed by atoms with E-state index in [1.807, 2.05) is 0 Å². The molecule has 2 rings (SSSR count). The quantitative estimate of drug-likeness (QED) is 0.887. The second-order valence-corrected chi connectivity index (χ2v) is 3.64. The number of hydrogen-bond donors (Lipinski definition) is 1. The highest BCUT2D eigenvalue weighted by Gasteiger charge is 2.17. The fraction of sp³-hybridized carbons (Fsp3) is 0.231. The summed E-state index contributed by atoms with van der Waals surface area (Å²) in [6, 6.07) is 5.23. The molecule has 5 heteroatoms. The van der Waals surface area contributed by atoms with Crippen molar-refractivity contribution < 1.29 is 14.6 Å². The van der Waals surface area contributed by atoms with Crippen molar-refractivity contribution in [2.75, 3.05) is 14.2 Å². The first kappa shape index (κ1) is 12.3. The Kier molecular flexibility index (Phi) is 3.74. The minimum absolute atomic E-state index is 0.462. The van der Waals surface area contributed by atoms with Gasteiger partial charge in [-0.15, -0.1) is 0 Å². The van der Waals surface area contributed by atoms with Gasteiger partial charge in [-0.25, -0.2) is 0 Å². The zero-order valence-electron chi connectivity index (χ0n) is 10.2. The SMILES string of the molecule is COc1ccc(OC)c(C(O)c2cnccn2)c1. The van der Waals surface area contributed by atoms with Crippen molar-refractivity contribution in [3.63, 3.8) is 0 Å². The number of methoxy groups -OCH3 is 2. The molecule has 2 aromatic rings. The van der Waals surface area contributed by atoms with Gasteiger partial charge in [-0.3, -0.25) is 9.97 Å². The molecule has 0 fully saturated rings. The van der Waals surface area contributed by atoms with E-state index in [-0.39, 0.29) is 0 Å². The molecule has 1 N–H and O–H groups in total. The Morgan fingerprint density at radius 2 is 2.00 bits per heavy atom. The molecule has 1 atom stereocenters. The Labute approximate surface area is 105 Å². The lowest BCUT2D eigenvalue weighted by Gasteiger charge is -2.15. The van der Waals surface area contributed by atoms with Crippen molar-refractivity contribution in [3.05, 3.63) is 48.0 Å². The number of hydrogen-bond acceptors (Lipinski definition) is 5. The molecule has 18 heavy (non-hydrogen) atoms. The first-order valence-corrected chi connectivity index (χ1v) is 5.42. The van der Waals surface area contributed by atoms with Crippen LogP contribution in [0.2, 0.25) is 0 Å². The zero-order valence-corrected chi connectivity index (χ0v) is 10.2. The van der Waals surface area contributed by atoms with Crippen molar-refractivity contribution in [2.24, 2.45) is 0 Å². The molecule has 0 saturated heterocycles. The maximum absolute atomic E-state index is 10.3. The smallest absolute Gasteiger partial charge is 0.126 e. The summed E-state index contributed by atoms with van der Waals surface area (Å²) in [5.41, 5.74) is 1.06. The average Bonchev–Trinajstić information content (AvgIpc) is 2.46. The first-order valence-electron chi connectivity index (χ1n) is 5.42. The van der Waals surface area contributed by atoms with Gasteiger partial charge in [0.15, 0.2) is 0 Å². The van der Waals surface area contributed by atoms with Gasteiger partial charge in [-0.1, -0.05) is 0 Å². The molecule has 1 aromatic heterocycles. The number of nitrogens with zero attached hydrogens (tertiary/aromatic N) is 2. The van der Waals surface area contributed by atoms with Crippen LogP contribution in [0.3, 0.4) is 0 Å². The molecular formula is C13H14N2O3. The van der Waals surface area contributed by atoms with E-state index < -0.39 is 6.10 Å². The van der Waals surface area contributed by atoms with Gasteiger partial charge in [-0.2, -0.15) is 0 Å². The van der Waals surface area contributed by atoms with Gasteiger partial charge in [0.1, 0.15) is 17.6 Å². The lowest BCUT2D eigenvalue weighted by atomic mass is 10.1. The van der Waals surface area contributed by atoms with Gasteiger partial charge >= 0.3 is 0 Å². The summed E-state index contributed by atoms with van der Waals surface area (Å²) in [4.78, 5) is 8.01. The summed E-state index contributed by atoms with van der Waals surface area (Å²) in [5.74, 6) is 1.22. The van der Waals surface area contributed by atoms with Gasteiger partial charge in [-0.05, 0) is 18.2 Å². The molecule has 1 heterocycles. The largest absolute Gasteiger partial charge is 0.497 e. The Balaban J connectivity index is 2.42. The minimum atomic E-state index is -0.899. The van der Waals surface area contributed by atoms with Crippen LogP contribution in [0.25, 0.3) is 0 Å². The van der Waals surface area contributed by atoms with Crippen LogP contribution in [0, 0.1) is 0 Å². The number of benzene rings is 1. The van der Waals surface area contributed by atoms with E-state index in [2.05, 4.69) is 9.97 Å². The second kappa shape index (κ2) is 5.46. The Morgan fingerprint density at radius 1 is 1.17 bits per heavy atom. The molecule has 94 valence electrons. The van der Waals surface area contributed by atoms with Crippen LogP contribution in [-0.2, 0) is 0 Å². The zero-order chi connectivity index (χ0) is 13.0. The normalized spacial score (nSPS) is 11.9. The molecule has 0 spiro atoms. The topological polar surface area (TPSA) is 64.5 Å². The van der Waals surface area contributed by atoms with Gasteiger partial charge in [0.05, 0.1) is 26.1 Å². The maximum atomic E-state index is 10.3. The lowest BCUT2D eigenvalue weighted by Crippen LogP contribution is -2.05. The highest BCUT2D eigenvalue weighted by molar-refractivity contribution is 5.43. The highest BCUT2D eigenvalue weighted by atomic mass is 16.5. The maximum Gasteiger partial charge on any atom is 0.126 e. The van der Waals surface area contributed by atoms with Crippen molar-refractivity contribution in [1.82, 2.24) is 9.97 Å². The highest BCUT2D eigenvalue weighted by Crippen LogP contribution is 2.31. The third-order valence-electron chi connectivity index (χ3n) is 2.59. The van der Waals surface area contributed by atoms with Crippen LogP contribution in [0.4, 0.5) is 0 Å². The minimum Gasteiger partial charge on any atom is -0.497 e. The van der Waals surface area contributed by atoms with Gasteiger partial charge in [0.25, 0.3) is 0 Å². The summed E-state index contributed by atoms with van der Waals surface area (Å²) in [7, 11) is 3.12. The van der Waals surface area contributed by atoms with Gasteiger partial charge in [0.2, 0.25) is 0 Å². The Morgan fingerprint density at radius 3 is 2.61 bits per heavy atom. The van der Waals surface area contributed by atoms with E-state index in [0.717, 1.165) is 0 Å². The standard InChI is InChI=1S/C13H14N2O3/c1-17-9-3-4-12(18-2)10(7-9)13(16)11-8-14-5-6-15-11/h3-8,13,16H,1-2H3. The van der Waals surface area contributed by atoms with E-state index in [1.54, 1.807) is 38.6 Å². The van der Waals surface area contributed by atoms with E-state index >= 15 is 0 Å².